The molecule has 1 aromatic carbocycles. The van der Waals surface area contributed by atoms with Crippen LogP contribution >= 0.6 is 0 Å². The minimum atomic E-state index is -1.17. The molecule has 1 aliphatic rings. The number of benzene rings is 1. The van der Waals surface area contributed by atoms with E-state index in [1.807, 2.05) is 18.2 Å². The third-order valence-electron chi connectivity index (χ3n) is 2.54. The van der Waals surface area contributed by atoms with Gasteiger partial charge in [-0.3, -0.25) is 4.79 Å². The van der Waals surface area contributed by atoms with Gasteiger partial charge < -0.3 is 10.8 Å². The molecule has 74 valence electrons. The molecule has 1 saturated carbocycles. The summed E-state index contributed by atoms with van der Waals surface area (Å²) in [4.78, 5) is 10.8. The van der Waals surface area contributed by atoms with Crippen molar-refractivity contribution in [3.05, 3.63) is 35.4 Å². The Bertz CT molecular complexity index is 358. The third-order valence-corrected chi connectivity index (χ3v) is 2.54. The van der Waals surface area contributed by atoms with Gasteiger partial charge in [0.25, 0.3) is 5.91 Å². The maximum absolute atomic E-state index is 10.8. The number of primary amides is 1. The minimum Gasteiger partial charge on any atom is -0.378 e. The van der Waals surface area contributed by atoms with Crippen molar-refractivity contribution in [1.29, 1.82) is 0 Å². The first-order valence-corrected chi connectivity index (χ1v) is 4.75. The van der Waals surface area contributed by atoms with E-state index in [4.69, 9.17) is 5.73 Å². The van der Waals surface area contributed by atoms with Crippen LogP contribution in [0.3, 0.4) is 0 Å². The molecular weight excluding hydrogens is 178 g/mol. The molecule has 0 aromatic heterocycles. The number of nitrogens with two attached hydrogens (primary N) is 1. The molecule has 2 rings (SSSR count). The average molecular weight is 191 g/mol. The van der Waals surface area contributed by atoms with E-state index in [0.29, 0.717) is 11.5 Å². The van der Waals surface area contributed by atoms with Gasteiger partial charge in [-0.15, -0.1) is 0 Å². The van der Waals surface area contributed by atoms with Crippen molar-refractivity contribution in [2.24, 2.45) is 5.73 Å². The van der Waals surface area contributed by atoms with Crippen LogP contribution in [0.25, 0.3) is 0 Å². The summed E-state index contributed by atoms with van der Waals surface area (Å²) in [5.74, 6) is -0.0760. The smallest absolute Gasteiger partial charge is 0.250 e. The lowest BCUT2D eigenvalue weighted by atomic mass is 10.0. The number of aliphatic hydroxyl groups is 1. The highest BCUT2D eigenvalue weighted by atomic mass is 16.3. The van der Waals surface area contributed by atoms with Crippen molar-refractivity contribution in [3.8, 4) is 0 Å². The quantitative estimate of drug-likeness (QED) is 0.751. The fourth-order valence-electron chi connectivity index (χ4n) is 1.56. The van der Waals surface area contributed by atoms with Crippen molar-refractivity contribution >= 4 is 5.91 Å². The molecule has 3 nitrogen and oxygen atoms in total. The van der Waals surface area contributed by atoms with Crippen molar-refractivity contribution < 1.29 is 9.90 Å². The fourth-order valence-corrected chi connectivity index (χ4v) is 1.56. The maximum Gasteiger partial charge on any atom is 0.250 e. The lowest BCUT2D eigenvalue weighted by molar-refractivity contribution is -0.126. The Hall–Kier alpha value is -1.35. The Morgan fingerprint density at radius 2 is 2.21 bits per heavy atom. The molecule has 1 aliphatic carbocycles. The Kier molecular flexibility index (Phi) is 2.25. The Labute approximate surface area is 82.5 Å². The van der Waals surface area contributed by atoms with Gasteiger partial charge >= 0.3 is 0 Å². The molecule has 1 aromatic rings. The minimum absolute atomic E-state index is 0.599. The number of carbonyl (C=O) groups is 1. The summed E-state index contributed by atoms with van der Waals surface area (Å²) in [7, 11) is 0. The highest BCUT2D eigenvalue weighted by Gasteiger charge is 2.24. The van der Waals surface area contributed by atoms with E-state index < -0.39 is 12.0 Å². The summed E-state index contributed by atoms with van der Waals surface area (Å²) in [5, 5.41) is 9.45. The summed E-state index contributed by atoms with van der Waals surface area (Å²) in [6.45, 7) is 0. The standard InChI is InChI=1S/C11H13NO2/c12-11(14)10(13)9-3-1-2-8(6-9)7-4-5-7/h1-3,6-7,10,13H,4-5H2,(H2,12,14). The zero-order chi connectivity index (χ0) is 10.1. The topological polar surface area (TPSA) is 63.3 Å². The number of rotatable bonds is 3. The predicted molar refractivity (Wildman–Crippen MR) is 52.6 cm³/mol. The Balaban J connectivity index is 2.25. The van der Waals surface area contributed by atoms with E-state index >= 15 is 0 Å². The Morgan fingerprint density at radius 3 is 2.79 bits per heavy atom. The van der Waals surface area contributed by atoms with Gasteiger partial charge in [-0.1, -0.05) is 24.3 Å². The predicted octanol–water partition coefficient (Wildman–Crippen LogP) is 1.08. The molecule has 0 aliphatic heterocycles. The second-order valence-electron chi connectivity index (χ2n) is 3.75. The number of amides is 1. The van der Waals surface area contributed by atoms with Crippen LogP contribution in [0.15, 0.2) is 24.3 Å². The molecular formula is C11H13NO2. The molecule has 3 N–H and O–H groups in total. The number of hydrogen-bond donors (Lipinski definition) is 2. The first-order valence-electron chi connectivity index (χ1n) is 4.75. The number of hydrogen-bond acceptors (Lipinski definition) is 2. The second-order valence-corrected chi connectivity index (χ2v) is 3.75. The average Bonchev–Trinajstić information content (AvgIpc) is 3.00. The lowest BCUT2D eigenvalue weighted by Crippen LogP contribution is -2.20. The first kappa shape index (κ1) is 9.21. The molecule has 1 atom stereocenters. The molecule has 3 heteroatoms. The van der Waals surface area contributed by atoms with Crippen LogP contribution in [-0.4, -0.2) is 11.0 Å². The van der Waals surface area contributed by atoms with Gasteiger partial charge in [0.05, 0.1) is 0 Å². The molecule has 0 saturated heterocycles. The maximum atomic E-state index is 10.8. The van der Waals surface area contributed by atoms with Gasteiger partial charge in [-0.05, 0) is 29.9 Å². The molecule has 0 heterocycles. The second kappa shape index (κ2) is 3.42. The van der Waals surface area contributed by atoms with Crippen LogP contribution in [0.2, 0.25) is 0 Å². The molecule has 0 radical (unpaired) electrons. The van der Waals surface area contributed by atoms with Crippen LogP contribution in [0.5, 0.6) is 0 Å². The van der Waals surface area contributed by atoms with Crippen molar-refractivity contribution in [2.75, 3.05) is 0 Å². The fraction of sp³-hybridized carbons (Fsp3) is 0.364. The van der Waals surface area contributed by atoms with Crippen LogP contribution in [0.4, 0.5) is 0 Å². The van der Waals surface area contributed by atoms with E-state index in [1.54, 1.807) is 6.07 Å². The van der Waals surface area contributed by atoms with E-state index in [-0.39, 0.29) is 0 Å². The summed E-state index contributed by atoms with van der Waals surface area (Å²) in [5.41, 5.74) is 6.82. The van der Waals surface area contributed by atoms with Crippen LogP contribution in [-0.2, 0) is 4.79 Å². The van der Waals surface area contributed by atoms with Gasteiger partial charge in [0.2, 0.25) is 0 Å². The summed E-state index contributed by atoms with van der Waals surface area (Å²) >= 11 is 0. The van der Waals surface area contributed by atoms with Gasteiger partial charge in [-0.2, -0.15) is 0 Å². The van der Waals surface area contributed by atoms with E-state index in [9.17, 15) is 9.90 Å². The number of aliphatic hydroxyl groups excluding tert-OH is 1. The SMILES string of the molecule is NC(=O)C(O)c1cccc(C2CC2)c1. The third kappa shape index (κ3) is 1.77. The van der Waals surface area contributed by atoms with E-state index in [0.717, 1.165) is 0 Å². The van der Waals surface area contributed by atoms with Crippen molar-refractivity contribution in [3.63, 3.8) is 0 Å². The Morgan fingerprint density at radius 1 is 1.50 bits per heavy atom. The van der Waals surface area contributed by atoms with Gasteiger partial charge in [0.1, 0.15) is 0 Å². The molecule has 14 heavy (non-hydrogen) atoms. The van der Waals surface area contributed by atoms with Crippen molar-refractivity contribution in [2.45, 2.75) is 24.9 Å². The highest BCUT2D eigenvalue weighted by molar-refractivity contribution is 5.80. The highest BCUT2D eigenvalue weighted by Crippen LogP contribution is 2.40. The summed E-state index contributed by atoms with van der Waals surface area (Å²) in [6.07, 6.45) is 1.24. The van der Waals surface area contributed by atoms with E-state index in [1.165, 1.54) is 18.4 Å². The van der Waals surface area contributed by atoms with Crippen LogP contribution in [0.1, 0.15) is 36.0 Å². The van der Waals surface area contributed by atoms with Gasteiger partial charge in [0.15, 0.2) is 6.10 Å². The summed E-state index contributed by atoms with van der Waals surface area (Å²) < 4.78 is 0. The van der Waals surface area contributed by atoms with Crippen LogP contribution < -0.4 is 5.73 Å². The summed E-state index contributed by atoms with van der Waals surface area (Å²) in [6, 6.07) is 7.47. The largest absolute Gasteiger partial charge is 0.378 e. The van der Waals surface area contributed by atoms with E-state index in [2.05, 4.69) is 0 Å². The van der Waals surface area contributed by atoms with Crippen molar-refractivity contribution in [1.82, 2.24) is 0 Å². The zero-order valence-corrected chi connectivity index (χ0v) is 7.81. The zero-order valence-electron chi connectivity index (χ0n) is 7.81. The molecule has 1 unspecified atom stereocenters. The van der Waals surface area contributed by atoms with Gasteiger partial charge in [-0.25, -0.2) is 0 Å². The molecule has 0 spiro atoms. The monoisotopic (exact) mass is 191 g/mol. The molecule has 1 fully saturated rings. The molecule has 1 amide bonds. The lowest BCUT2D eigenvalue weighted by Gasteiger charge is -2.08. The molecule has 0 bridgehead atoms. The van der Waals surface area contributed by atoms with Gasteiger partial charge in [0, 0.05) is 0 Å². The van der Waals surface area contributed by atoms with Crippen LogP contribution in [0, 0.1) is 0 Å². The number of carbonyl (C=O) groups excluding carboxylic acids is 1. The normalized spacial score (nSPS) is 17.8. The first-order chi connectivity index (χ1) is 6.68.